The molecular formula is C11H22N2O. The van der Waals surface area contributed by atoms with E-state index in [1.54, 1.807) is 0 Å². The summed E-state index contributed by atoms with van der Waals surface area (Å²) >= 11 is 0. The van der Waals surface area contributed by atoms with E-state index >= 15 is 0 Å². The lowest BCUT2D eigenvalue weighted by Gasteiger charge is -2.42. The summed E-state index contributed by atoms with van der Waals surface area (Å²) in [6.07, 6.45) is 4.52. The topological polar surface area (TPSA) is 26.7 Å². The molecule has 0 saturated carbocycles. The Labute approximate surface area is 86.7 Å². The molecule has 0 radical (unpaired) electrons. The van der Waals surface area contributed by atoms with Crippen molar-refractivity contribution < 1.29 is 5.11 Å². The molecular weight excluding hydrogens is 176 g/mol. The molecule has 2 heterocycles. The van der Waals surface area contributed by atoms with Gasteiger partial charge in [0, 0.05) is 26.2 Å². The molecule has 0 aromatic rings. The van der Waals surface area contributed by atoms with Crippen molar-refractivity contribution in [2.24, 2.45) is 5.92 Å². The second kappa shape index (κ2) is 4.60. The van der Waals surface area contributed by atoms with Gasteiger partial charge in [0.25, 0.3) is 0 Å². The molecule has 2 fully saturated rings. The van der Waals surface area contributed by atoms with Crippen LogP contribution in [0.25, 0.3) is 0 Å². The average Bonchev–Trinajstić information content (AvgIpc) is 2.21. The van der Waals surface area contributed by atoms with E-state index in [1.165, 1.54) is 25.9 Å². The lowest BCUT2D eigenvalue weighted by Crippen LogP contribution is -2.50. The SMILES string of the molecule is CC1CCN(N2CCC(O)CC2)CC1. The van der Waals surface area contributed by atoms with Crippen LogP contribution < -0.4 is 0 Å². The smallest absolute Gasteiger partial charge is 0.0565 e. The molecule has 14 heavy (non-hydrogen) atoms. The van der Waals surface area contributed by atoms with Gasteiger partial charge in [-0.15, -0.1) is 0 Å². The van der Waals surface area contributed by atoms with Gasteiger partial charge >= 0.3 is 0 Å². The van der Waals surface area contributed by atoms with Crippen molar-refractivity contribution in [1.29, 1.82) is 0 Å². The van der Waals surface area contributed by atoms with Gasteiger partial charge < -0.3 is 5.11 Å². The normalized spacial score (nSPS) is 29.6. The van der Waals surface area contributed by atoms with Crippen LogP contribution in [0.5, 0.6) is 0 Å². The highest BCUT2D eigenvalue weighted by Gasteiger charge is 2.24. The van der Waals surface area contributed by atoms with Crippen LogP contribution in [-0.4, -0.2) is 47.4 Å². The summed E-state index contributed by atoms with van der Waals surface area (Å²) < 4.78 is 0. The zero-order chi connectivity index (χ0) is 9.97. The Kier molecular flexibility index (Phi) is 3.42. The van der Waals surface area contributed by atoms with Gasteiger partial charge in [0.2, 0.25) is 0 Å². The molecule has 2 rings (SSSR count). The van der Waals surface area contributed by atoms with Gasteiger partial charge in [-0.05, 0) is 31.6 Å². The van der Waals surface area contributed by atoms with Gasteiger partial charge in [0.05, 0.1) is 6.10 Å². The van der Waals surface area contributed by atoms with Gasteiger partial charge in [-0.1, -0.05) is 6.92 Å². The number of rotatable bonds is 1. The average molecular weight is 198 g/mol. The van der Waals surface area contributed by atoms with Crippen LogP contribution in [0, 0.1) is 5.92 Å². The summed E-state index contributed by atoms with van der Waals surface area (Å²) in [5.74, 6) is 0.904. The van der Waals surface area contributed by atoms with E-state index in [4.69, 9.17) is 0 Å². The Morgan fingerprint density at radius 3 is 1.79 bits per heavy atom. The number of hydrogen-bond donors (Lipinski definition) is 1. The Hall–Kier alpha value is -0.120. The molecule has 1 N–H and O–H groups in total. The molecule has 2 aliphatic heterocycles. The van der Waals surface area contributed by atoms with Gasteiger partial charge in [0.1, 0.15) is 0 Å². The Balaban J connectivity index is 1.78. The van der Waals surface area contributed by atoms with E-state index in [2.05, 4.69) is 16.9 Å². The van der Waals surface area contributed by atoms with Gasteiger partial charge in [0.15, 0.2) is 0 Å². The van der Waals surface area contributed by atoms with Crippen LogP contribution >= 0.6 is 0 Å². The zero-order valence-electron chi connectivity index (χ0n) is 9.15. The number of aliphatic hydroxyl groups excluding tert-OH is 1. The maximum absolute atomic E-state index is 9.42. The molecule has 3 nitrogen and oxygen atoms in total. The third-order valence-electron chi connectivity index (χ3n) is 3.60. The van der Waals surface area contributed by atoms with Crippen molar-refractivity contribution in [3.8, 4) is 0 Å². The predicted molar refractivity (Wildman–Crippen MR) is 56.8 cm³/mol. The molecule has 0 atom stereocenters. The number of nitrogens with zero attached hydrogens (tertiary/aromatic N) is 2. The summed E-state index contributed by atoms with van der Waals surface area (Å²) in [5, 5.41) is 14.4. The Morgan fingerprint density at radius 2 is 1.29 bits per heavy atom. The molecule has 3 heteroatoms. The molecule has 0 aliphatic carbocycles. The number of piperidine rings is 2. The van der Waals surface area contributed by atoms with Crippen molar-refractivity contribution in [3.63, 3.8) is 0 Å². The van der Waals surface area contributed by atoms with E-state index < -0.39 is 0 Å². The summed E-state index contributed by atoms with van der Waals surface area (Å²) in [6.45, 7) is 6.89. The molecule has 2 aliphatic rings. The van der Waals surface area contributed by atoms with E-state index in [9.17, 15) is 5.11 Å². The van der Waals surface area contributed by atoms with Crippen LogP contribution in [0.2, 0.25) is 0 Å². The second-order valence-corrected chi connectivity index (χ2v) is 4.82. The minimum Gasteiger partial charge on any atom is -0.393 e. The Morgan fingerprint density at radius 1 is 0.857 bits per heavy atom. The van der Waals surface area contributed by atoms with Gasteiger partial charge in [-0.2, -0.15) is 0 Å². The quantitative estimate of drug-likeness (QED) is 0.683. The highest BCUT2D eigenvalue weighted by molar-refractivity contribution is 4.73. The van der Waals surface area contributed by atoms with E-state index in [0.717, 1.165) is 31.8 Å². The van der Waals surface area contributed by atoms with Crippen LogP contribution in [0.15, 0.2) is 0 Å². The van der Waals surface area contributed by atoms with Crippen molar-refractivity contribution in [1.82, 2.24) is 10.0 Å². The van der Waals surface area contributed by atoms with Crippen LogP contribution in [-0.2, 0) is 0 Å². The molecule has 0 spiro atoms. The summed E-state index contributed by atoms with van der Waals surface area (Å²) in [5.41, 5.74) is 0. The maximum Gasteiger partial charge on any atom is 0.0565 e. The third-order valence-corrected chi connectivity index (χ3v) is 3.60. The van der Waals surface area contributed by atoms with E-state index in [-0.39, 0.29) is 6.10 Å². The summed E-state index contributed by atoms with van der Waals surface area (Å²) in [6, 6.07) is 0. The van der Waals surface area contributed by atoms with Crippen LogP contribution in [0.3, 0.4) is 0 Å². The number of hydrazine groups is 1. The van der Waals surface area contributed by atoms with Crippen LogP contribution in [0.1, 0.15) is 32.6 Å². The van der Waals surface area contributed by atoms with Gasteiger partial charge in [-0.3, -0.25) is 0 Å². The lowest BCUT2D eigenvalue weighted by molar-refractivity contribution is -0.0797. The minimum absolute atomic E-state index is 0.0463. The fraction of sp³-hybridized carbons (Fsp3) is 1.00. The lowest BCUT2D eigenvalue weighted by atomic mass is 10.00. The molecule has 0 aromatic heterocycles. The molecule has 2 saturated heterocycles. The molecule has 82 valence electrons. The molecule has 0 bridgehead atoms. The van der Waals surface area contributed by atoms with Crippen LogP contribution in [0.4, 0.5) is 0 Å². The zero-order valence-corrected chi connectivity index (χ0v) is 9.15. The molecule has 0 amide bonds. The standard InChI is InChI=1S/C11H22N2O/c1-10-2-6-12(7-3-10)13-8-4-11(14)5-9-13/h10-11,14H,2-9H2,1H3. The second-order valence-electron chi connectivity index (χ2n) is 4.82. The monoisotopic (exact) mass is 198 g/mol. The fourth-order valence-electron chi connectivity index (χ4n) is 2.41. The molecule has 0 aromatic carbocycles. The fourth-order valence-corrected chi connectivity index (χ4v) is 2.41. The first-order valence-electron chi connectivity index (χ1n) is 5.93. The van der Waals surface area contributed by atoms with Crippen molar-refractivity contribution in [2.75, 3.05) is 26.2 Å². The van der Waals surface area contributed by atoms with E-state index in [1.807, 2.05) is 0 Å². The Bertz CT molecular complexity index is 150. The van der Waals surface area contributed by atoms with Crippen molar-refractivity contribution in [2.45, 2.75) is 38.7 Å². The largest absolute Gasteiger partial charge is 0.393 e. The highest BCUT2D eigenvalue weighted by Crippen LogP contribution is 2.20. The maximum atomic E-state index is 9.42. The van der Waals surface area contributed by atoms with Crippen molar-refractivity contribution >= 4 is 0 Å². The first-order valence-corrected chi connectivity index (χ1v) is 5.93. The highest BCUT2D eigenvalue weighted by atomic mass is 16.3. The van der Waals surface area contributed by atoms with E-state index in [0.29, 0.717) is 0 Å². The third kappa shape index (κ3) is 2.47. The summed E-state index contributed by atoms with van der Waals surface area (Å²) in [4.78, 5) is 0. The first-order chi connectivity index (χ1) is 6.75. The first kappa shape index (κ1) is 10.4. The molecule has 0 unspecified atom stereocenters. The number of hydrogen-bond acceptors (Lipinski definition) is 3. The number of aliphatic hydroxyl groups is 1. The predicted octanol–water partition coefficient (Wildman–Crippen LogP) is 1.09. The van der Waals surface area contributed by atoms with Crippen molar-refractivity contribution in [3.05, 3.63) is 0 Å². The van der Waals surface area contributed by atoms with Gasteiger partial charge in [-0.25, -0.2) is 10.0 Å². The summed E-state index contributed by atoms with van der Waals surface area (Å²) in [7, 11) is 0. The minimum atomic E-state index is -0.0463.